The maximum absolute atomic E-state index is 2.51. The summed E-state index contributed by atoms with van der Waals surface area (Å²) in [6, 6.07) is 73.0. The smallest absolute Gasteiger partial charge is 0.0720 e. The van der Waals surface area contributed by atoms with Crippen LogP contribution in [-0.4, -0.2) is 0 Å². The molecule has 0 spiro atoms. The molecular weight excluding hydrogens is 701 g/mol. The lowest BCUT2D eigenvalue weighted by atomic mass is 9.66. The highest BCUT2D eigenvalue weighted by Gasteiger charge is 2.48. The molecule has 2 heteroatoms. The van der Waals surface area contributed by atoms with Crippen LogP contribution < -0.4 is 0 Å². The fourth-order valence-corrected chi connectivity index (χ4v) is 11.7. The Balaban J connectivity index is 1.21. The number of fused-ring (bicyclic) bond motifs is 11. The molecule has 0 unspecified atom stereocenters. The fourth-order valence-electron chi connectivity index (χ4n) is 9.57. The molecule has 0 fully saturated rings. The Morgan fingerprint density at radius 3 is 1.47 bits per heavy atom. The van der Waals surface area contributed by atoms with E-state index in [0.717, 1.165) is 0 Å². The summed E-state index contributed by atoms with van der Waals surface area (Å²) in [5.41, 5.74) is 12.3. The maximum Gasteiger partial charge on any atom is 0.0720 e. The van der Waals surface area contributed by atoms with E-state index >= 15 is 0 Å². The molecule has 9 aromatic carbocycles. The monoisotopic (exact) mass is 732 g/mol. The van der Waals surface area contributed by atoms with Gasteiger partial charge >= 0.3 is 0 Å². The van der Waals surface area contributed by atoms with Gasteiger partial charge in [0.05, 0.1) is 5.41 Å². The van der Waals surface area contributed by atoms with E-state index in [-0.39, 0.29) is 0 Å². The van der Waals surface area contributed by atoms with Crippen LogP contribution in [0.2, 0.25) is 0 Å². The summed E-state index contributed by atoms with van der Waals surface area (Å²) in [5.74, 6) is 0. The molecule has 12 rings (SSSR count). The Morgan fingerprint density at radius 2 is 0.818 bits per heavy atom. The minimum atomic E-state index is -0.558. The lowest BCUT2D eigenvalue weighted by molar-refractivity contribution is 0.776. The van der Waals surface area contributed by atoms with E-state index in [9.17, 15) is 0 Å². The van der Waals surface area contributed by atoms with Gasteiger partial charge < -0.3 is 0 Å². The molecule has 55 heavy (non-hydrogen) atoms. The number of hydrogen-bond donors (Lipinski definition) is 0. The van der Waals surface area contributed by atoms with Crippen LogP contribution >= 0.6 is 22.7 Å². The summed E-state index contributed by atoms with van der Waals surface area (Å²) in [4.78, 5) is 0. The summed E-state index contributed by atoms with van der Waals surface area (Å²) < 4.78 is 5.31. The topological polar surface area (TPSA) is 0 Å². The highest BCUT2D eigenvalue weighted by Crippen LogP contribution is 2.61. The van der Waals surface area contributed by atoms with Crippen LogP contribution in [0.15, 0.2) is 194 Å². The second-order valence-electron chi connectivity index (χ2n) is 14.8. The molecule has 1 aliphatic rings. The quantitative estimate of drug-likeness (QED) is 0.169. The van der Waals surface area contributed by atoms with Crippen molar-refractivity contribution in [3.63, 3.8) is 0 Å². The van der Waals surface area contributed by atoms with Crippen molar-refractivity contribution in [3.05, 3.63) is 216 Å². The minimum Gasteiger partial charge on any atom is -0.135 e. The van der Waals surface area contributed by atoms with Crippen molar-refractivity contribution >= 4 is 73.8 Å². The molecule has 0 atom stereocenters. The summed E-state index contributed by atoms with van der Waals surface area (Å²) >= 11 is 3.75. The van der Waals surface area contributed by atoms with E-state index in [2.05, 4.69) is 194 Å². The molecule has 1 aliphatic carbocycles. The van der Waals surface area contributed by atoms with Crippen LogP contribution in [0, 0.1) is 0 Å². The second-order valence-corrected chi connectivity index (χ2v) is 16.9. The Bertz CT molecular complexity index is 3270. The van der Waals surface area contributed by atoms with Crippen LogP contribution in [0.25, 0.3) is 84.5 Å². The standard InChI is InChI=1S/C53H32S2/c1-3-14-37(15-4-1)53(38-16-5-2-6-17-38)46-32-34(33-24-27-49-44(29-33)40-19-9-11-21-47(40)54-49)23-26-42(46)51-43(30-35-13-7-8-18-39(35)52(51)53)36-25-28-50-45(31-36)41-20-10-12-22-48(41)55-50/h1-32H. The van der Waals surface area contributed by atoms with Gasteiger partial charge in [-0.05, 0) is 115 Å². The van der Waals surface area contributed by atoms with E-state index in [1.807, 2.05) is 22.7 Å². The van der Waals surface area contributed by atoms with E-state index in [1.165, 1.54) is 107 Å². The predicted molar refractivity (Wildman–Crippen MR) is 238 cm³/mol. The van der Waals surface area contributed by atoms with Crippen LogP contribution in [0.5, 0.6) is 0 Å². The third kappa shape index (κ3) is 4.44. The van der Waals surface area contributed by atoms with Gasteiger partial charge in [0, 0.05) is 40.3 Å². The Morgan fingerprint density at radius 1 is 0.327 bits per heavy atom. The van der Waals surface area contributed by atoms with E-state index in [0.29, 0.717) is 0 Å². The molecule has 11 aromatic rings. The molecular formula is C53H32S2. The van der Waals surface area contributed by atoms with Gasteiger partial charge in [-0.3, -0.25) is 0 Å². The zero-order chi connectivity index (χ0) is 36.1. The first-order valence-corrected chi connectivity index (χ1v) is 20.5. The molecule has 0 bridgehead atoms. The molecule has 0 N–H and O–H groups in total. The van der Waals surface area contributed by atoms with E-state index in [1.54, 1.807) is 0 Å². The molecule has 0 radical (unpaired) electrons. The lowest BCUT2D eigenvalue weighted by Gasteiger charge is -2.35. The summed E-state index contributed by atoms with van der Waals surface area (Å²) in [5, 5.41) is 7.84. The van der Waals surface area contributed by atoms with Crippen LogP contribution in [0.3, 0.4) is 0 Å². The lowest BCUT2D eigenvalue weighted by Crippen LogP contribution is -2.29. The third-order valence-corrected chi connectivity index (χ3v) is 14.2. The molecule has 0 saturated heterocycles. The molecule has 0 aliphatic heterocycles. The van der Waals surface area contributed by atoms with Crippen molar-refractivity contribution < 1.29 is 0 Å². The first-order valence-electron chi connectivity index (χ1n) is 18.9. The van der Waals surface area contributed by atoms with Crippen molar-refractivity contribution in [3.8, 4) is 33.4 Å². The first kappa shape index (κ1) is 31.1. The van der Waals surface area contributed by atoms with Gasteiger partial charge in [0.2, 0.25) is 0 Å². The van der Waals surface area contributed by atoms with Gasteiger partial charge in [0.25, 0.3) is 0 Å². The molecule has 2 aromatic heterocycles. The fraction of sp³-hybridized carbons (Fsp3) is 0.0189. The second kappa shape index (κ2) is 11.8. The van der Waals surface area contributed by atoms with Crippen molar-refractivity contribution in [2.24, 2.45) is 0 Å². The molecule has 2 heterocycles. The first-order chi connectivity index (χ1) is 27.3. The molecule has 0 nitrogen and oxygen atoms in total. The van der Waals surface area contributed by atoms with Crippen LogP contribution in [-0.2, 0) is 5.41 Å². The van der Waals surface area contributed by atoms with E-state index < -0.39 is 5.41 Å². The average Bonchev–Trinajstić information content (AvgIpc) is 3.92. The van der Waals surface area contributed by atoms with Gasteiger partial charge in [-0.2, -0.15) is 0 Å². The number of thiophene rings is 2. The Hall–Kier alpha value is -6.32. The normalized spacial score (nSPS) is 13.2. The SMILES string of the molecule is c1ccc(C2(c3ccccc3)c3cc(-c4ccc5sc6ccccc6c5c4)ccc3-c3c(-c4ccc5sc6ccccc6c5c4)cc4ccccc4c32)cc1. The molecule has 256 valence electrons. The van der Waals surface area contributed by atoms with Crippen LogP contribution in [0.4, 0.5) is 0 Å². The zero-order valence-electron chi connectivity index (χ0n) is 29.8. The van der Waals surface area contributed by atoms with Crippen molar-refractivity contribution in [1.82, 2.24) is 0 Å². The van der Waals surface area contributed by atoms with E-state index in [4.69, 9.17) is 0 Å². The summed E-state index contributed by atoms with van der Waals surface area (Å²) in [7, 11) is 0. The largest absolute Gasteiger partial charge is 0.135 e. The van der Waals surface area contributed by atoms with Gasteiger partial charge in [-0.1, -0.05) is 146 Å². The van der Waals surface area contributed by atoms with Crippen molar-refractivity contribution in [1.29, 1.82) is 0 Å². The predicted octanol–water partition coefficient (Wildman–Crippen LogP) is 15.3. The minimum absolute atomic E-state index is 0.558. The van der Waals surface area contributed by atoms with Crippen molar-refractivity contribution in [2.45, 2.75) is 5.41 Å². The number of benzene rings is 9. The van der Waals surface area contributed by atoms with Crippen LogP contribution in [0.1, 0.15) is 22.3 Å². The third-order valence-electron chi connectivity index (χ3n) is 11.9. The van der Waals surface area contributed by atoms with Crippen molar-refractivity contribution in [2.75, 3.05) is 0 Å². The highest BCUT2D eigenvalue weighted by atomic mass is 32.1. The van der Waals surface area contributed by atoms with Gasteiger partial charge in [0.15, 0.2) is 0 Å². The molecule has 0 amide bonds. The van der Waals surface area contributed by atoms with Gasteiger partial charge in [-0.25, -0.2) is 0 Å². The number of hydrogen-bond acceptors (Lipinski definition) is 2. The molecule has 0 saturated carbocycles. The zero-order valence-corrected chi connectivity index (χ0v) is 31.4. The summed E-state index contributed by atoms with van der Waals surface area (Å²) in [6.07, 6.45) is 0. The maximum atomic E-state index is 2.51. The Kier molecular flexibility index (Phi) is 6.69. The van der Waals surface area contributed by atoms with Gasteiger partial charge in [0.1, 0.15) is 0 Å². The summed E-state index contributed by atoms with van der Waals surface area (Å²) in [6.45, 7) is 0. The van der Waals surface area contributed by atoms with Gasteiger partial charge in [-0.15, -0.1) is 22.7 Å². The average molecular weight is 733 g/mol. The Labute approximate surface area is 327 Å². The highest BCUT2D eigenvalue weighted by molar-refractivity contribution is 7.26. The number of rotatable bonds is 4.